The largest absolute Gasteiger partial charge is 0.497 e. The van der Waals surface area contributed by atoms with Gasteiger partial charge < -0.3 is 19.9 Å². The third kappa shape index (κ3) is 7.20. The number of piperidine rings is 1. The van der Waals surface area contributed by atoms with Gasteiger partial charge in [-0.2, -0.15) is 0 Å². The highest BCUT2D eigenvalue weighted by Crippen LogP contribution is 2.20. The molecule has 0 radical (unpaired) electrons. The van der Waals surface area contributed by atoms with Gasteiger partial charge in [0.05, 0.1) is 7.11 Å². The third-order valence-electron chi connectivity index (χ3n) is 6.59. The van der Waals surface area contributed by atoms with Crippen LogP contribution in [0.4, 0.5) is 5.82 Å². The number of nitrogens with zero attached hydrogens (tertiary/aromatic N) is 5. The molecule has 0 aliphatic carbocycles. The fourth-order valence-corrected chi connectivity index (χ4v) is 4.59. The number of ether oxygens (including phenoxy) is 1. The van der Waals surface area contributed by atoms with E-state index in [1.807, 2.05) is 31.4 Å². The molecule has 2 saturated heterocycles. The highest BCUT2D eigenvalue weighted by molar-refractivity contribution is 14.0. The lowest BCUT2D eigenvalue weighted by molar-refractivity contribution is 0.177. The molecule has 1 aromatic carbocycles. The Morgan fingerprint density at radius 3 is 2.36 bits per heavy atom. The number of nitrogens with one attached hydrogen (secondary N) is 1. The first-order valence-corrected chi connectivity index (χ1v) is 11.7. The highest BCUT2D eigenvalue weighted by atomic mass is 127. The number of rotatable bonds is 6. The van der Waals surface area contributed by atoms with E-state index in [1.165, 1.54) is 18.4 Å². The molecule has 1 aromatic heterocycles. The van der Waals surface area contributed by atoms with Gasteiger partial charge in [0.1, 0.15) is 11.6 Å². The Labute approximate surface area is 215 Å². The smallest absolute Gasteiger partial charge is 0.193 e. The van der Waals surface area contributed by atoms with Gasteiger partial charge in [0.25, 0.3) is 0 Å². The number of guanidine groups is 1. The number of benzene rings is 1. The van der Waals surface area contributed by atoms with E-state index in [0.29, 0.717) is 5.92 Å². The Hall–Kier alpha value is -2.07. The summed E-state index contributed by atoms with van der Waals surface area (Å²) in [5.74, 6) is 3.72. The Kier molecular flexibility index (Phi) is 10.1. The first-order chi connectivity index (χ1) is 15.7. The summed E-state index contributed by atoms with van der Waals surface area (Å²) in [6, 6.07) is 14.5. The van der Waals surface area contributed by atoms with Gasteiger partial charge in [-0.05, 0) is 61.7 Å². The zero-order chi connectivity index (χ0) is 22.2. The van der Waals surface area contributed by atoms with Crippen molar-refractivity contribution in [3.8, 4) is 5.75 Å². The van der Waals surface area contributed by atoms with Crippen LogP contribution < -0.4 is 15.0 Å². The topological polar surface area (TPSA) is 56.2 Å². The predicted octanol–water partition coefficient (Wildman–Crippen LogP) is 3.32. The summed E-state index contributed by atoms with van der Waals surface area (Å²) in [6.45, 7) is 8.21. The molecule has 33 heavy (non-hydrogen) atoms. The number of halogens is 1. The number of hydrogen-bond donors (Lipinski definition) is 1. The average Bonchev–Trinajstić information content (AvgIpc) is 2.87. The van der Waals surface area contributed by atoms with Crippen LogP contribution in [0.1, 0.15) is 18.4 Å². The van der Waals surface area contributed by atoms with Crippen LogP contribution in [0, 0.1) is 5.92 Å². The standard InChI is InChI=1S/C25H36N6O.HI/c1-26-25(31-17-15-30(16-18-31)24-5-3-4-12-27-24)28-19-21-10-13-29(14-11-21)20-22-6-8-23(32-2)9-7-22;/h3-9,12,21H,10-11,13-20H2,1-2H3,(H,26,28);1H. The Bertz CT molecular complexity index is 847. The van der Waals surface area contributed by atoms with Gasteiger partial charge >= 0.3 is 0 Å². The lowest BCUT2D eigenvalue weighted by Gasteiger charge is -2.38. The van der Waals surface area contributed by atoms with Gasteiger partial charge in [-0.25, -0.2) is 4.98 Å². The van der Waals surface area contributed by atoms with Gasteiger partial charge in [-0.3, -0.25) is 9.89 Å². The quantitative estimate of drug-likeness (QED) is 0.330. The summed E-state index contributed by atoms with van der Waals surface area (Å²) < 4.78 is 5.26. The summed E-state index contributed by atoms with van der Waals surface area (Å²) in [4.78, 5) is 16.3. The summed E-state index contributed by atoms with van der Waals surface area (Å²) >= 11 is 0. The monoisotopic (exact) mass is 564 g/mol. The van der Waals surface area contributed by atoms with Crippen LogP contribution in [0.15, 0.2) is 53.7 Å². The van der Waals surface area contributed by atoms with Crippen molar-refractivity contribution < 1.29 is 4.74 Å². The molecular weight excluding hydrogens is 527 g/mol. The van der Waals surface area contributed by atoms with Gasteiger partial charge in [-0.1, -0.05) is 18.2 Å². The van der Waals surface area contributed by atoms with Crippen LogP contribution in [-0.4, -0.2) is 80.7 Å². The van der Waals surface area contributed by atoms with Crippen molar-refractivity contribution in [2.45, 2.75) is 19.4 Å². The first kappa shape index (κ1) is 25.6. The molecule has 8 heteroatoms. The second kappa shape index (κ2) is 13.0. The Morgan fingerprint density at radius 2 is 1.76 bits per heavy atom. The van der Waals surface area contributed by atoms with Gasteiger partial charge in [-0.15, -0.1) is 24.0 Å². The Balaban J connectivity index is 0.00000306. The maximum atomic E-state index is 5.26. The zero-order valence-corrected chi connectivity index (χ0v) is 22.2. The maximum Gasteiger partial charge on any atom is 0.193 e. The summed E-state index contributed by atoms with van der Waals surface area (Å²) in [6.07, 6.45) is 4.33. The van der Waals surface area contributed by atoms with Crippen molar-refractivity contribution in [2.24, 2.45) is 10.9 Å². The van der Waals surface area contributed by atoms with E-state index in [2.05, 4.69) is 54.3 Å². The van der Waals surface area contributed by atoms with Gasteiger partial charge in [0.15, 0.2) is 5.96 Å². The molecule has 2 fully saturated rings. The lowest BCUT2D eigenvalue weighted by Crippen LogP contribution is -2.53. The van der Waals surface area contributed by atoms with Crippen molar-refractivity contribution in [2.75, 3.05) is 64.9 Å². The molecule has 0 amide bonds. The molecule has 0 saturated carbocycles. The van der Waals surface area contributed by atoms with Crippen molar-refractivity contribution in [1.82, 2.24) is 20.1 Å². The summed E-state index contributed by atoms with van der Waals surface area (Å²) in [5, 5.41) is 3.65. The van der Waals surface area contributed by atoms with Crippen molar-refractivity contribution in [3.63, 3.8) is 0 Å². The lowest BCUT2D eigenvalue weighted by atomic mass is 9.96. The molecule has 2 aromatic rings. The van der Waals surface area contributed by atoms with Crippen LogP contribution in [0.5, 0.6) is 5.75 Å². The number of piperazine rings is 1. The number of anilines is 1. The summed E-state index contributed by atoms with van der Waals surface area (Å²) in [7, 11) is 3.61. The van der Waals surface area contributed by atoms with Gasteiger partial charge in [0.2, 0.25) is 0 Å². The van der Waals surface area contributed by atoms with Gasteiger partial charge in [0, 0.05) is 52.5 Å². The minimum Gasteiger partial charge on any atom is -0.497 e. The van der Waals surface area contributed by atoms with Crippen molar-refractivity contribution >= 4 is 35.8 Å². The molecule has 0 bridgehead atoms. The van der Waals surface area contributed by atoms with E-state index in [-0.39, 0.29) is 24.0 Å². The molecule has 3 heterocycles. The number of hydrogen-bond acceptors (Lipinski definition) is 5. The van der Waals surface area contributed by atoms with E-state index in [4.69, 9.17) is 4.74 Å². The van der Waals surface area contributed by atoms with Crippen LogP contribution in [0.3, 0.4) is 0 Å². The van der Waals surface area contributed by atoms with E-state index in [1.54, 1.807) is 7.11 Å². The van der Waals surface area contributed by atoms with Crippen LogP contribution in [0.2, 0.25) is 0 Å². The average molecular weight is 565 g/mol. The second-order valence-corrected chi connectivity index (χ2v) is 8.66. The molecule has 180 valence electrons. The summed E-state index contributed by atoms with van der Waals surface area (Å²) in [5.41, 5.74) is 1.35. The van der Waals surface area contributed by atoms with Crippen molar-refractivity contribution in [3.05, 3.63) is 54.2 Å². The molecule has 0 atom stereocenters. The molecule has 4 rings (SSSR count). The van der Waals surface area contributed by atoms with Crippen molar-refractivity contribution in [1.29, 1.82) is 0 Å². The minimum atomic E-state index is 0. The molecular formula is C25H37IN6O. The fraction of sp³-hybridized carbons (Fsp3) is 0.520. The minimum absolute atomic E-state index is 0. The zero-order valence-electron chi connectivity index (χ0n) is 19.8. The SMILES string of the molecule is CN=C(NCC1CCN(Cc2ccc(OC)cc2)CC1)N1CCN(c2ccccn2)CC1.I. The predicted molar refractivity (Wildman–Crippen MR) is 146 cm³/mol. The number of methoxy groups -OCH3 is 1. The number of likely N-dealkylation sites (tertiary alicyclic amines) is 1. The Morgan fingerprint density at radius 1 is 1.03 bits per heavy atom. The van der Waals surface area contributed by atoms with E-state index in [9.17, 15) is 0 Å². The molecule has 2 aliphatic rings. The maximum absolute atomic E-state index is 5.26. The molecule has 0 unspecified atom stereocenters. The number of aliphatic imine (C=N–C) groups is 1. The highest BCUT2D eigenvalue weighted by Gasteiger charge is 2.23. The van der Waals surface area contributed by atoms with E-state index in [0.717, 1.165) is 69.9 Å². The molecule has 7 nitrogen and oxygen atoms in total. The molecule has 1 N–H and O–H groups in total. The van der Waals surface area contributed by atoms with Crippen LogP contribution >= 0.6 is 24.0 Å². The van der Waals surface area contributed by atoms with Crippen LogP contribution in [-0.2, 0) is 6.54 Å². The van der Waals surface area contributed by atoms with Crippen LogP contribution in [0.25, 0.3) is 0 Å². The molecule has 0 spiro atoms. The van der Waals surface area contributed by atoms with E-state index >= 15 is 0 Å². The third-order valence-corrected chi connectivity index (χ3v) is 6.59. The normalized spacial score (nSPS) is 18.1. The first-order valence-electron chi connectivity index (χ1n) is 11.7. The van der Waals surface area contributed by atoms with E-state index < -0.39 is 0 Å². The second-order valence-electron chi connectivity index (χ2n) is 8.66. The number of aromatic nitrogens is 1. The fourth-order valence-electron chi connectivity index (χ4n) is 4.59. The number of pyridine rings is 1. The molecule has 2 aliphatic heterocycles.